The van der Waals surface area contributed by atoms with Crippen molar-refractivity contribution in [2.45, 2.75) is 31.8 Å². The van der Waals surface area contributed by atoms with Gasteiger partial charge in [-0.15, -0.1) is 0 Å². The van der Waals surface area contributed by atoms with E-state index in [2.05, 4.69) is 39.7 Å². The summed E-state index contributed by atoms with van der Waals surface area (Å²) in [5.41, 5.74) is 8.09. The van der Waals surface area contributed by atoms with E-state index in [4.69, 9.17) is 5.73 Å². The van der Waals surface area contributed by atoms with Crippen LogP contribution in [0.2, 0.25) is 0 Å². The van der Waals surface area contributed by atoms with E-state index in [1.165, 1.54) is 19.3 Å². The molecule has 2 N–H and O–H groups in total. The lowest BCUT2D eigenvalue weighted by Crippen LogP contribution is -2.30. The first-order chi connectivity index (χ1) is 8.81. The summed E-state index contributed by atoms with van der Waals surface area (Å²) < 4.78 is 2.20. The molecular weight excluding hydrogens is 224 g/mol. The smallest absolute Gasteiger partial charge is 0.130 e. The highest BCUT2D eigenvalue weighted by molar-refractivity contribution is 5.54. The Kier molecular flexibility index (Phi) is 3.06. The maximum atomic E-state index is 5.78. The highest BCUT2D eigenvalue weighted by Crippen LogP contribution is 2.29. The van der Waals surface area contributed by atoms with E-state index >= 15 is 0 Å². The van der Waals surface area contributed by atoms with Crippen molar-refractivity contribution in [3.8, 4) is 0 Å². The fraction of sp³-hybridized carbons (Fsp3) is 0.500. The summed E-state index contributed by atoms with van der Waals surface area (Å²) >= 11 is 0. The first-order valence-corrected chi connectivity index (χ1v) is 6.66. The average Bonchev–Trinajstić information content (AvgIpc) is 2.83. The van der Waals surface area contributed by atoms with Gasteiger partial charge in [0.15, 0.2) is 0 Å². The number of fused-ring (bicyclic) bond motifs is 1. The summed E-state index contributed by atoms with van der Waals surface area (Å²) in [6, 6.07) is 4.57. The zero-order valence-corrected chi connectivity index (χ0v) is 10.8. The second-order valence-electron chi connectivity index (χ2n) is 5.10. The lowest BCUT2D eigenvalue weighted by Gasteiger charge is -2.31. The third-order valence-electron chi connectivity index (χ3n) is 3.98. The molecule has 0 bridgehead atoms. The molecule has 96 valence electrons. The van der Waals surface area contributed by atoms with Gasteiger partial charge in [0.25, 0.3) is 0 Å². The predicted octanol–water partition coefficient (Wildman–Crippen LogP) is 1.95. The Morgan fingerprint density at radius 1 is 1.44 bits per heavy atom. The van der Waals surface area contributed by atoms with Gasteiger partial charge in [0.05, 0.1) is 17.8 Å². The van der Waals surface area contributed by atoms with Crippen molar-refractivity contribution in [3.63, 3.8) is 0 Å². The van der Waals surface area contributed by atoms with Crippen LogP contribution in [-0.2, 0) is 6.54 Å². The highest BCUT2D eigenvalue weighted by Gasteiger charge is 2.24. The second-order valence-corrected chi connectivity index (χ2v) is 5.10. The monoisotopic (exact) mass is 244 g/mol. The topological polar surface area (TPSA) is 46.6 Å². The lowest BCUT2D eigenvalue weighted by atomic mass is 10.0. The fourth-order valence-electron chi connectivity index (χ4n) is 2.92. The number of nitrogens with zero attached hydrogens (tertiary/aromatic N) is 3. The van der Waals surface area contributed by atoms with Crippen molar-refractivity contribution >= 4 is 5.52 Å². The van der Waals surface area contributed by atoms with Crippen molar-refractivity contribution in [2.75, 3.05) is 13.6 Å². The van der Waals surface area contributed by atoms with Crippen LogP contribution in [0.3, 0.4) is 0 Å². The van der Waals surface area contributed by atoms with Crippen LogP contribution < -0.4 is 5.73 Å². The molecule has 1 saturated heterocycles. The van der Waals surface area contributed by atoms with E-state index in [-0.39, 0.29) is 0 Å². The number of hydrogen-bond donors (Lipinski definition) is 1. The van der Waals surface area contributed by atoms with Crippen LogP contribution in [0.1, 0.15) is 36.7 Å². The van der Waals surface area contributed by atoms with Gasteiger partial charge in [-0.3, -0.25) is 4.90 Å². The summed E-state index contributed by atoms with van der Waals surface area (Å²) in [6.07, 6.45) is 7.84. The fourth-order valence-corrected chi connectivity index (χ4v) is 2.92. The number of aromatic nitrogens is 2. The first-order valence-electron chi connectivity index (χ1n) is 6.66. The number of rotatable bonds is 2. The molecule has 1 aliphatic rings. The zero-order valence-electron chi connectivity index (χ0n) is 10.8. The van der Waals surface area contributed by atoms with Gasteiger partial charge in [0.1, 0.15) is 5.82 Å². The van der Waals surface area contributed by atoms with Crippen LogP contribution in [-0.4, -0.2) is 27.9 Å². The van der Waals surface area contributed by atoms with E-state index in [0.717, 1.165) is 23.4 Å². The molecule has 1 fully saturated rings. The molecule has 3 heterocycles. The molecule has 0 radical (unpaired) electrons. The Morgan fingerprint density at radius 2 is 2.33 bits per heavy atom. The van der Waals surface area contributed by atoms with E-state index in [1.807, 2.05) is 6.20 Å². The number of piperidine rings is 1. The molecule has 0 spiro atoms. The maximum Gasteiger partial charge on any atom is 0.130 e. The van der Waals surface area contributed by atoms with Crippen molar-refractivity contribution in [2.24, 2.45) is 5.73 Å². The Morgan fingerprint density at radius 3 is 3.11 bits per heavy atom. The van der Waals surface area contributed by atoms with Crippen molar-refractivity contribution in [3.05, 3.63) is 35.9 Å². The third-order valence-corrected chi connectivity index (χ3v) is 3.98. The van der Waals surface area contributed by atoms with Gasteiger partial charge in [-0.25, -0.2) is 4.98 Å². The quantitative estimate of drug-likeness (QED) is 0.878. The summed E-state index contributed by atoms with van der Waals surface area (Å²) in [6.45, 7) is 1.73. The minimum absolute atomic E-state index is 0.439. The van der Waals surface area contributed by atoms with E-state index in [9.17, 15) is 0 Å². The summed E-state index contributed by atoms with van der Waals surface area (Å²) in [4.78, 5) is 7.05. The molecule has 0 aliphatic carbocycles. The SMILES string of the molecule is CN1CCCCC1c1ncc2c(CN)cccn12. The van der Waals surface area contributed by atoms with Crippen LogP contribution >= 0.6 is 0 Å². The van der Waals surface area contributed by atoms with Crippen LogP contribution in [0.25, 0.3) is 5.52 Å². The minimum Gasteiger partial charge on any atom is -0.326 e. The number of likely N-dealkylation sites (tertiary alicyclic amines) is 1. The van der Waals surface area contributed by atoms with Crippen LogP contribution in [0.4, 0.5) is 0 Å². The molecule has 1 atom stereocenters. The lowest BCUT2D eigenvalue weighted by molar-refractivity contribution is 0.179. The summed E-state index contributed by atoms with van der Waals surface area (Å²) in [5.74, 6) is 1.16. The summed E-state index contributed by atoms with van der Waals surface area (Å²) in [5, 5.41) is 0. The van der Waals surface area contributed by atoms with Gasteiger partial charge >= 0.3 is 0 Å². The zero-order chi connectivity index (χ0) is 12.5. The maximum absolute atomic E-state index is 5.78. The van der Waals surface area contributed by atoms with Crippen LogP contribution in [0.5, 0.6) is 0 Å². The van der Waals surface area contributed by atoms with Gasteiger partial charge in [0.2, 0.25) is 0 Å². The van der Waals surface area contributed by atoms with E-state index in [1.54, 1.807) is 0 Å². The van der Waals surface area contributed by atoms with Gasteiger partial charge in [-0.05, 0) is 38.1 Å². The second kappa shape index (κ2) is 4.71. The molecule has 2 aromatic rings. The number of imidazole rings is 1. The van der Waals surface area contributed by atoms with Crippen LogP contribution in [0.15, 0.2) is 24.5 Å². The molecule has 2 aromatic heterocycles. The largest absolute Gasteiger partial charge is 0.326 e. The molecule has 3 rings (SSSR count). The standard InChI is InChI=1S/C14H20N4/c1-17-7-3-2-6-12(17)14-16-10-13-11(9-15)5-4-8-18(13)14/h4-5,8,10,12H,2-3,6-7,9,15H2,1H3. The van der Waals surface area contributed by atoms with Crippen LogP contribution in [0, 0.1) is 0 Å². The van der Waals surface area contributed by atoms with E-state index < -0.39 is 0 Å². The van der Waals surface area contributed by atoms with Gasteiger partial charge in [0, 0.05) is 12.7 Å². The molecule has 1 unspecified atom stereocenters. The molecule has 4 heteroatoms. The first kappa shape index (κ1) is 11.7. The molecule has 1 aliphatic heterocycles. The van der Waals surface area contributed by atoms with Gasteiger partial charge < -0.3 is 10.1 Å². The van der Waals surface area contributed by atoms with Crippen molar-refractivity contribution < 1.29 is 0 Å². The Hall–Kier alpha value is -1.39. The Bertz CT molecular complexity index is 546. The minimum atomic E-state index is 0.439. The highest BCUT2D eigenvalue weighted by atomic mass is 15.2. The molecule has 0 saturated carbocycles. The molecular formula is C14H20N4. The number of hydrogen-bond acceptors (Lipinski definition) is 3. The van der Waals surface area contributed by atoms with E-state index in [0.29, 0.717) is 12.6 Å². The van der Waals surface area contributed by atoms with Crippen molar-refractivity contribution in [1.82, 2.24) is 14.3 Å². The average molecular weight is 244 g/mol. The molecule has 4 nitrogen and oxygen atoms in total. The Labute approximate surface area is 107 Å². The van der Waals surface area contributed by atoms with Gasteiger partial charge in [-0.2, -0.15) is 0 Å². The normalized spacial score (nSPS) is 21.6. The summed E-state index contributed by atoms with van der Waals surface area (Å²) in [7, 11) is 2.19. The number of pyridine rings is 1. The Balaban J connectivity index is 2.07. The van der Waals surface area contributed by atoms with Crippen molar-refractivity contribution in [1.29, 1.82) is 0 Å². The predicted molar refractivity (Wildman–Crippen MR) is 72.3 cm³/mol. The molecule has 18 heavy (non-hydrogen) atoms. The third kappa shape index (κ3) is 1.82. The molecule has 0 amide bonds. The van der Waals surface area contributed by atoms with Gasteiger partial charge in [-0.1, -0.05) is 12.5 Å². The molecule has 0 aromatic carbocycles. The number of nitrogens with two attached hydrogens (primary N) is 1.